The molecule has 1 fully saturated rings. The second-order valence-electron chi connectivity index (χ2n) is 3.43. The van der Waals surface area contributed by atoms with Crippen molar-refractivity contribution in [1.29, 1.82) is 0 Å². The van der Waals surface area contributed by atoms with Crippen LogP contribution in [0.3, 0.4) is 0 Å². The normalized spacial score (nSPS) is 19.7. The third-order valence-electron chi connectivity index (χ3n) is 2.50. The minimum Gasteiger partial charge on any atom is -0.349 e. The first-order chi connectivity index (χ1) is 5.95. The van der Waals surface area contributed by atoms with E-state index >= 15 is 0 Å². The van der Waals surface area contributed by atoms with Gasteiger partial charge in [0.05, 0.1) is 0 Å². The molecule has 1 aromatic rings. The summed E-state index contributed by atoms with van der Waals surface area (Å²) >= 11 is 0. The molecule has 0 saturated carbocycles. The van der Waals surface area contributed by atoms with Gasteiger partial charge < -0.3 is 10.3 Å². The van der Waals surface area contributed by atoms with Crippen LogP contribution in [0.15, 0.2) is 12.4 Å². The second-order valence-corrected chi connectivity index (χ2v) is 3.43. The number of hydrogen-bond acceptors (Lipinski definition) is 2. The van der Waals surface area contributed by atoms with E-state index in [2.05, 4.69) is 15.3 Å². The zero-order valence-corrected chi connectivity index (χ0v) is 7.21. The van der Waals surface area contributed by atoms with Crippen molar-refractivity contribution in [3.63, 3.8) is 0 Å². The number of aromatic amines is 1. The van der Waals surface area contributed by atoms with Crippen molar-refractivity contribution in [2.75, 3.05) is 13.1 Å². The highest BCUT2D eigenvalue weighted by Crippen LogP contribution is 2.15. The summed E-state index contributed by atoms with van der Waals surface area (Å²) in [6, 6.07) is 0. The summed E-state index contributed by atoms with van der Waals surface area (Å²) in [4.78, 5) is 7.39. The van der Waals surface area contributed by atoms with Gasteiger partial charge in [0.15, 0.2) is 0 Å². The summed E-state index contributed by atoms with van der Waals surface area (Å²) in [7, 11) is 0. The second kappa shape index (κ2) is 3.72. The van der Waals surface area contributed by atoms with Crippen molar-refractivity contribution in [3.05, 3.63) is 18.2 Å². The van der Waals surface area contributed by atoms with Crippen LogP contribution >= 0.6 is 0 Å². The van der Waals surface area contributed by atoms with Gasteiger partial charge in [0.25, 0.3) is 0 Å². The number of rotatable bonds is 2. The average Bonchev–Trinajstić information content (AvgIpc) is 2.59. The average molecular weight is 165 g/mol. The highest BCUT2D eigenvalue weighted by Gasteiger charge is 2.13. The summed E-state index contributed by atoms with van der Waals surface area (Å²) < 4.78 is 0. The minimum atomic E-state index is 0.831. The maximum Gasteiger partial charge on any atom is 0.106 e. The molecule has 66 valence electrons. The lowest BCUT2D eigenvalue weighted by molar-refractivity contribution is 0.368. The molecule has 0 bridgehead atoms. The zero-order chi connectivity index (χ0) is 8.23. The van der Waals surface area contributed by atoms with Gasteiger partial charge in [-0.1, -0.05) is 0 Å². The predicted octanol–water partition coefficient (Wildman–Crippen LogP) is 0.952. The molecular formula is C9H15N3. The van der Waals surface area contributed by atoms with Crippen LogP contribution in [0.4, 0.5) is 0 Å². The number of imidazole rings is 1. The maximum atomic E-state index is 4.23. The summed E-state index contributed by atoms with van der Waals surface area (Å²) in [6.45, 7) is 2.34. The van der Waals surface area contributed by atoms with E-state index in [4.69, 9.17) is 0 Å². The first-order valence-corrected chi connectivity index (χ1v) is 4.64. The first-order valence-electron chi connectivity index (χ1n) is 4.64. The SMILES string of the molecule is c1c[nH]c(CC2CCNCC2)n1. The van der Waals surface area contributed by atoms with Gasteiger partial charge in [-0.3, -0.25) is 0 Å². The fourth-order valence-corrected chi connectivity index (χ4v) is 1.77. The van der Waals surface area contributed by atoms with Gasteiger partial charge >= 0.3 is 0 Å². The van der Waals surface area contributed by atoms with E-state index in [0.717, 1.165) is 18.2 Å². The fraction of sp³-hybridized carbons (Fsp3) is 0.667. The molecule has 0 unspecified atom stereocenters. The van der Waals surface area contributed by atoms with Crippen LogP contribution in [-0.2, 0) is 6.42 Å². The monoisotopic (exact) mass is 165 g/mol. The Hall–Kier alpha value is -0.830. The number of H-pyrrole nitrogens is 1. The van der Waals surface area contributed by atoms with Crippen molar-refractivity contribution >= 4 is 0 Å². The van der Waals surface area contributed by atoms with Gasteiger partial charge in [0.1, 0.15) is 5.82 Å². The Bertz CT molecular complexity index is 212. The van der Waals surface area contributed by atoms with Crippen molar-refractivity contribution in [2.45, 2.75) is 19.3 Å². The number of hydrogen-bond donors (Lipinski definition) is 2. The highest BCUT2D eigenvalue weighted by atomic mass is 14.9. The van der Waals surface area contributed by atoms with Gasteiger partial charge in [-0.25, -0.2) is 4.98 Å². The topological polar surface area (TPSA) is 40.7 Å². The third kappa shape index (κ3) is 1.85. The van der Waals surface area contributed by atoms with Gasteiger partial charge in [-0.2, -0.15) is 0 Å². The molecule has 3 nitrogen and oxygen atoms in total. The molecule has 0 amide bonds. The van der Waals surface area contributed by atoms with Crippen LogP contribution in [0.2, 0.25) is 0 Å². The van der Waals surface area contributed by atoms with Crippen molar-refractivity contribution in [1.82, 2.24) is 15.3 Å². The van der Waals surface area contributed by atoms with E-state index in [1.54, 1.807) is 0 Å². The number of nitrogens with zero attached hydrogens (tertiary/aromatic N) is 1. The number of aromatic nitrogens is 2. The lowest BCUT2D eigenvalue weighted by atomic mass is 9.94. The van der Waals surface area contributed by atoms with E-state index in [9.17, 15) is 0 Å². The molecule has 0 aliphatic carbocycles. The van der Waals surface area contributed by atoms with Crippen molar-refractivity contribution in [3.8, 4) is 0 Å². The molecule has 2 rings (SSSR count). The largest absolute Gasteiger partial charge is 0.349 e. The molecular weight excluding hydrogens is 150 g/mol. The Balaban J connectivity index is 1.86. The smallest absolute Gasteiger partial charge is 0.106 e. The van der Waals surface area contributed by atoms with Crippen molar-refractivity contribution in [2.24, 2.45) is 5.92 Å². The van der Waals surface area contributed by atoms with Gasteiger partial charge in [-0.05, 0) is 31.8 Å². The van der Waals surface area contributed by atoms with E-state index < -0.39 is 0 Å². The molecule has 1 aliphatic rings. The molecule has 0 radical (unpaired) electrons. The summed E-state index contributed by atoms with van der Waals surface area (Å²) in [5.74, 6) is 1.97. The molecule has 0 aromatic carbocycles. The summed E-state index contributed by atoms with van der Waals surface area (Å²) in [6.07, 6.45) is 7.43. The number of piperidine rings is 1. The molecule has 0 atom stereocenters. The molecule has 2 heterocycles. The van der Waals surface area contributed by atoms with Crippen LogP contribution in [0, 0.1) is 5.92 Å². The van der Waals surface area contributed by atoms with Crippen LogP contribution in [-0.4, -0.2) is 23.1 Å². The van der Waals surface area contributed by atoms with Crippen LogP contribution in [0.5, 0.6) is 0 Å². The Morgan fingerprint density at radius 1 is 1.42 bits per heavy atom. The minimum absolute atomic E-state index is 0.831. The first kappa shape index (κ1) is 7.80. The number of nitrogens with one attached hydrogen (secondary N) is 2. The maximum absolute atomic E-state index is 4.23. The molecule has 1 aromatic heterocycles. The van der Waals surface area contributed by atoms with Crippen molar-refractivity contribution < 1.29 is 0 Å². The van der Waals surface area contributed by atoms with Crippen LogP contribution < -0.4 is 5.32 Å². The zero-order valence-electron chi connectivity index (χ0n) is 7.21. The molecule has 1 saturated heterocycles. The van der Waals surface area contributed by atoms with E-state index in [1.165, 1.54) is 25.9 Å². The Morgan fingerprint density at radius 2 is 2.25 bits per heavy atom. The quantitative estimate of drug-likeness (QED) is 0.685. The van der Waals surface area contributed by atoms with E-state index in [1.807, 2.05) is 12.4 Å². The highest BCUT2D eigenvalue weighted by molar-refractivity contribution is 4.89. The predicted molar refractivity (Wildman–Crippen MR) is 47.9 cm³/mol. The van der Waals surface area contributed by atoms with Crippen LogP contribution in [0.1, 0.15) is 18.7 Å². The van der Waals surface area contributed by atoms with Gasteiger partial charge in [0, 0.05) is 18.8 Å². The van der Waals surface area contributed by atoms with Gasteiger partial charge in [0.2, 0.25) is 0 Å². The molecule has 2 N–H and O–H groups in total. The standard InChI is InChI=1S/C9H15N3/c1-3-10-4-2-8(1)7-9-11-5-6-12-9/h5-6,8,10H,1-4,7H2,(H,11,12). The Kier molecular flexibility index (Phi) is 2.42. The summed E-state index contributed by atoms with van der Waals surface area (Å²) in [5.41, 5.74) is 0. The lowest BCUT2D eigenvalue weighted by Crippen LogP contribution is -2.28. The molecule has 0 spiro atoms. The molecule has 12 heavy (non-hydrogen) atoms. The van der Waals surface area contributed by atoms with E-state index in [-0.39, 0.29) is 0 Å². The van der Waals surface area contributed by atoms with E-state index in [0.29, 0.717) is 0 Å². The summed E-state index contributed by atoms with van der Waals surface area (Å²) in [5, 5.41) is 3.36. The lowest BCUT2D eigenvalue weighted by Gasteiger charge is -2.21. The molecule has 1 aliphatic heterocycles. The Labute approximate surface area is 72.6 Å². The molecule has 3 heteroatoms. The Morgan fingerprint density at radius 3 is 2.92 bits per heavy atom. The fourth-order valence-electron chi connectivity index (χ4n) is 1.77. The third-order valence-corrected chi connectivity index (χ3v) is 2.50. The van der Waals surface area contributed by atoms with Crippen LogP contribution in [0.25, 0.3) is 0 Å². The van der Waals surface area contributed by atoms with Gasteiger partial charge in [-0.15, -0.1) is 0 Å².